The van der Waals surface area contributed by atoms with E-state index < -0.39 is 0 Å². The number of methoxy groups -OCH3 is 1. The molecule has 0 amide bonds. The molecule has 1 rings (SSSR count). The molecular formula is C10H16N2O3. The van der Waals surface area contributed by atoms with Gasteiger partial charge in [0.1, 0.15) is 0 Å². The summed E-state index contributed by atoms with van der Waals surface area (Å²) < 4.78 is 6.64. The predicted molar refractivity (Wildman–Crippen MR) is 55.2 cm³/mol. The molecule has 15 heavy (non-hydrogen) atoms. The lowest BCUT2D eigenvalue weighted by atomic mass is 10.1. The molecular weight excluding hydrogens is 196 g/mol. The van der Waals surface area contributed by atoms with Crippen molar-refractivity contribution in [1.29, 1.82) is 0 Å². The van der Waals surface area contributed by atoms with Crippen LogP contribution in [0, 0.1) is 13.8 Å². The van der Waals surface area contributed by atoms with Gasteiger partial charge in [-0.3, -0.25) is 4.84 Å². The number of carbonyl (C=O) groups excluding carboxylic acids is 1. The van der Waals surface area contributed by atoms with E-state index in [0.29, 0.717) is 5.56 Å². The highest BCUT2D eigenvalue weighted by Crippen LogP contribution is 2.22. The summed E-state index contributed by atoms with van der Waals surface area (Å²) in [7, 11) is 3.24. The van der Waals surface area contributed by atoms with Gasteiger partial charge in [-0.05, 0) is 13.8 Å². The van der Waals surface area contributed by atoms with Gasteiger partial charge in [-0.2, -0.15) is 0 Å². The molecule has 0 fully saturated rings. The summed E-state index contributed by atoms with van der Waals surface area (Å²) in [6.07, 6.45) is 0. The summed E-state index contributed by atoms with van der Waals surface area (Å²) in [5, 5.41) is 0. The first-order valence-electron chi connectivity index (χ1n) is 4.59. The summed E-state index contributed by atoms with van der Waals surface area (Å²) in [6.45, 7) is 3.98. The Hall–Kier alpha value is -1.33. The highest BCUT2D eigenvalue weighted by atomic mass is 16.6. The Morgan fingerprint density at radius 2 is 2.00 bits per heavy atom. The molecule has 2 N–H and O–H groups in total. The molecule has 84 valence electrons. The maximum Gasteiger partial charge on any atom is 0.340 e. The maximum atomic E-state index is 11.6. The molecule has 0 radical (unpaired) electrons. The van der Waals surface area contributed by atoms with E-state index in [0.717, 1.165) is 17.0 Å². The molecule has 0 bridgehead atoms. The molecule has 1 aromatic rings. The van der Waals surface area contributed by atoms with Gasteiger partial charge in [-0.15, -0.1) is 0 Å². The van der Waals surface area contributed by atoms with Crippen LogP contribution in [0.4, 0.5) is 0 Å². The monoisotopic (exact) mass is 212 g/mol. The summed E-state index contributed by atoms with van der Waals surface area (Å²) in [5.41, 5.74) is 3.14. The van der Waals surface area contributed by atoms with Crippen molar-refractivity contribution in [1.82, 2.24) is 4.57 Å². The first kappa shape index (κ1) is 11.7. The lowest BCUT2D eigenvalue weighted by Gasteiger charge is -2.02. The second kappa shape index (κ2) is 4.46. The van der Waals surface area contributed by atoms with Crippen molar-refractivity contribution in [3.8, 4) is 0 Å². The zero-order valence-corrected chi connectivity index (χ0v) is 9.46. The third-order valence-corrected chi connectivity index (χ3v) is 2.72. The number of nitrogens with two attached hydrogens (primary N) is 1. The van der Waals surface area contributed by atoms with E-state index in [4.69, 9.17) is 10.6 Å². The number of nitrogens with zero attached hydrogens (tertiary/aromatic N) is 1. The van der Waals surface area contributed by atoms with Crippen LogP contribution < -0.4 is 5.90 Å². The number of aromatic nitrogens is 1. The van der Waals surface area contributed by atoms with E-state index in [1.807, 2.05) is 25.5 Å². The van der Waals surface area contributed by atoms with Crippen LogP contribution in [0.3, 0.4) is 0 Å². The Morgan fingerprint density at radius 3 is 2.47 bits per heavy atom. The molecule has 0 aliphatic heterocycles. The number of rotatable bonds is 3. The number of hydrogen-bond acceptors (Lipinski definition) is 4. The van der Waals surface area contributed by atoms with Gasteiger partial charge in [-0.1, -0.05) is 0 Å². The topological polar surface area (TPSA) is 66.5 Å². The fraction of sp³-hybridized carbons (Fsp3) is 0.500. The maximum absolute atomic E-state index is 11.6. The second-order valence-corrected chi connectivity index (χ2v) is 3.39. The molecule has 1 aromatic heterocycles. The Kier molecular flexibility index (Phi) is 3.49. The van der Waals surface area contributed by atoms with E-state index in [1.165, 1.54) is 7.11 Å². The zero-order chi connectivity index (χ0) is 11.6. The van der Waals surface area contributed by atoms with Gasteiger partial charge in [0.15, 0.2) is 0 Å². The summed E-state index contributed by atoms with van der Waals surface area (Å²) in [5.74, 6) is 4.68. The molecule has 5 heteroatoms. The second-order valence-electron chi connectivity index (χ2n) is 3.39. The Labute approximate surface area is 88.7 Å². The molecule has 0 atom stereocenters. The van der Waals surface area contributed by atoms with E-state index in [-0.39, 0.29) is 12.6 Å². The molecule has 1 heterocycles. The number of esters is 1. The summed E-state index contributed by atoms with van der Waals surface area (Å²) in [4.78, 5) is 16.2. The van der Waals surface area contributed by atoms with Crippen molar-refractivity contribution in [2.45, 2.75) is 20.5 Å². The van der Waals surface area contributed by atoms with Gasteiger partial charge in [0.2, 0.25) is 0 Å². The fourth-order valence-corrected chi connectivity index (χ4v) is 1.65. The Balaban J connectivity index is 3.33. The normalized spacial score (nSPS) is 10.5. The molecule has 5 nitrogen and oxygen atoms in total. The minimum atomic E-state index is -0.358. The van der Waals surface area contributed by atoms with Crippen LogP contribution in [-0.2, 0) is 23.2 Å². The molecule has 0 saturated heterocycles. The van der Waals surface area contributed by atoms with Crippen molar-refractivity contribution in [2.24, 2.45) is 12.9 Å². The number of carbonyl (C=O) groups is 1. The third-order valence-electron chi connectivity index (χ3n) is 2.72. The van der Waals surface area contributed by atoms with Gasteiger partial charge < -0.3 is 9.30 Å². The average Bonchev–Trinajstić information content (AvgIpc) is 2.44. The van der Waals surface area contributed by atoms with Crippen molar-refractivity contribution < 1.29 is 14.4 Å². The van der Waals surface area contributed by atoms with Crippen LogP contribution in [0.25, 0.3) is 0 Å². The lowest BCUT2D eigenvalue weighted by Crippen LogP contribution is -2.08. The van der Waals surface area contributed by atoms with Crippen molar-refractivity contribution in [2.75, 3.05) is 7.11 Å². The average molecular weight is 212 g/mol. The van der Waals surface area contributed by atoms with Gasteiger partial charge in [-0.25, -0.2) is 10.7 Å². The van der Waals surface area contributed by atoms with Crippen LogP contribution in [0.2, 0.25) is 0 Å². The van der Waals surface area contributed by atoms with Crippen LogP contribution in [0.1, 0.15) is 27.3 Å². The van der Waals surface area contributed by atoms with Crippen LogP contribution in [0.15, 0.2) is 0 Å². The minimum Gasteiger partial charge on any atom is -0.465 e. The van der Waals surface area contributed by atoms with Crippen molar-refractivity contribution in [3.05, 3.63) is 22.5 Å². The van der Waals surface area contributed by atoms with Gasteiger partial charge in [0.25, 0.3) is 0 Å². The molecule has 0 aliphatic rings. The first-order valence-corrected chi connectivity index (χ1v) is 4.59. The van der Waals surface area contributed by atoms with Gasteiger partial charge in [0, 0.05) is 24.0 Å². The lowest BCUT2D eigenvalue weighted by molar-refractivity contribution is 0.0592. The quantitative estimate of drug-likeness (QED) is 0.595. The highest BCUT2D eigenvalue weighted by molar-refractivity contribution is 5.93. The van der Waals surface area contributed by atoms with Crippen molar-refractivity contribution >= 4 is 5.97 Å². The van der Waals surface area contributed by atoms with Crippen LogP contribution >= 0.6 is 0 Å². The van der Waals surface area contributed by atoms with Gasteiger partial charge in [0.05, 0.1) is 19.3 Å². The molecule has 0 aromatic carbocycles. The third kappa shape index (κ3) is 1.88. The smallest absolute Gasteiger partial charge is 0.340 e. The van der Waals surface area contributed by atoms with E-state index in [9.17, 15) is 4.79 Å². The minimum absolute atomic E-state index is 0.206. The summed E-state index contributed by atoms with van der Waals surface area (Å²) >= 11 is 0. The first-order chi connectivity index (χ1) is 7.04. The number of ether oxygens (including phenoxy) is 1. The van der Waals surface area contributed by atoms with Crippen LogP contribution in [-0.4, -0.2) is 17.6 Å². The Morgan fingerprint density at radius 1 is 1.40 bits per heavy atom. The fourth-order valence-electron chi connectivity index (χ4n) is 1.65. The van der Waals surface area contributed by atoms with Crippen LogP contribution in [0.5, 0.6) is 0 Å². The zero-order valence-electron chi connectivity index (χ0n) is 9.46. The molecule has 0 saturated carbocycles. The summed E-state index contributed by atoms with van der Waals surface area (Å²) in [6, 6.07) is 0. The highest BCUT2D eigenvalue weighted by Gasteiger charge is 2.21. The number of hydrogen-bond donors (Lipinski definition) is 1. The van der Waals surface area contributed by atoms with E-state index >= 15 is 0 Å². The van der Waals surface area contributed by atoms with Crippen molar-refractivity contribution in [3.63, 3.8) is 0 Å². The van der Waals surface area contributed by atoms with E-state index in [2.05, 4.69) is 4.84 Å². The van der Waals surface area contributed by atoms with Gasteiger partial charge >= 0.3 is 5.97 Å². The standard InChI is InChI=1S/C10H16N2O3/c1-6-8(5-15-11)9(10(13)14-4)7(2)12(6)3/h5,11H2,1-4H3. The SMILES string of the molecule is COC(=O)c1c(CON)c(C)n(C)c1C. The molecule has 0 spiro atoms. The molecule has 0 unspecified atom stereocenters. The van der Waals surface area contributed by atoms with E-state index in [1.54, 1.807) is 0 Å². The molecule has 0 aliphatic carbocycles. The Bertz CT molecular complexity index is 383. The largest absolute Gasteiger partial charge is 0.465 e. The predicted octanol–water partition coefficient (Wildman–Crippen LogP) is 0.819.